The summed E-state index contributed by atoms with van der Waals surface area (Å²) in [6.45, 7) is 12.3. The molecule has 0 heterocycles. The molecule has 0 aromatic rings. The second kappa shape index (κ2) is 3.25. The molecular formula is C14H26. The Kier molecular flexibility index (Phi) is 2.44. The molecular weight excluding hydrogens is 168 g/mol. The zero-order chi connectivity index (χ0) is 10.5. The molecule has 0 aromatic carbocycles. The van der Waals surface area contributed by atoms with E-state index in [0.717, 1.165) is 29.6 Å². The summed E-state index contributed by atoms with van der Waals surface area (Å²) in [5.74, 6) is 5.00. The molecule has 2 aliphatic rings. The van der Waals surface area contributed by atoms with Crippen molar-refractivity contribution in [3.05, 3.63) is 0 Å². The van der Waals surface area contributed by atoms with E-state index in [1.54, 1.807) is 0 Å². The Morgan fingerprint density at radius 1 is 1.29 bits per heavy atom. The molecule has 5 unspecified atom stereocenters. The molecule has 14 heavy (non-hydrogen) atoms. The van der Waals surface area contributed by atoms with Gasteiger partial charge < -0.3 is 0 Å². The van der Waals surface area contributed by atoms with Crippen LogP contribution in [0.3, 0.4) is 0 Å². The molecule has 2 rings (SSSR count). The van der Waals surface area contributed by atoms with Crippen molar-refractivity contribution in [2.24, 2.45) is 35.0 Å². The molecule has 2 aliphatic carbocycles. The van der Waals surface area contributed by atoms with Crippen LogP contribution in [-0.2, 0) is 0 Å². The van der Waals surface area contributed by atoms with E-state index in [2.05, 4.69) is 34.6 Å². The summed E-state index contributed by atoms with van der Waals surface area (Å²) in [6, 6.07) is 0. The first-order valence-corrected chi connectivity index (χ1v) is 6.53. The predicted octanol–water partition coefficient (Wildman–Crippen LogP) is 4.35. The van der Waals surface area contributed by atoms with Crippen LogP contribution in [0, 0.1) is 35.0 Å². The molecule has 0 heteroatoms. The molecule has 0 saturated heterocycles. The monoisotopic (exact) mass is 194 g/mol. The van der Waals surface area contributed by atoms with Crippen molar-refractivity contribution in [1.82, 2.24) is 0 Å². The summed E-state index contributed by atoms with van der Waals surface area (Å²) < 4.78 is 0. The maximum absolute atomic E-state index is 2.55. The summed E-state index contributed by atoms with van der Waals surface area (Å²) in [6.07, 6.45) is 4.38. The highest BCUT2D eigenvalue weighted by Crippen LogP contribution is 2.69. The zero-order valence-electron chi connectivity index (χ0n) is 10.5. The SMILES string of the molecule is CCC(C)C1C(C)C1(C)C(C)C1CC1. The summed E-state index contributed by atoms with van der Waals surface area (Å²) in [7, 11) is 0. The van der Waals surface area contributed by atoms with E-state index in [0.29, 0.717) is 5.41 Å². The van der Waals surface area contributed by atoms with Gasteiger partial charge in [-0.15, -0.1) is 0 Å². The molecule has 0 aliphatic heterocycles. The molecule has 5 atom stereocenters. The van der Waals surface area contributed by atoms with Crippen LogP contribution >= 0.6 is 0 Å². The minimum Gasteiger partial charge on any atom is -0.0651 e. The second-order valence-electron chi connectivity index (χ2n) is 6.19. The molecule has 0 nitrogen and oxygen atoms in total. The highest BCUT2D eigenvalue weighted by molar-refractivity contribution is 5.11. The minimum atomic E-state index is 0.691. The van der Waals surface area contributed by atoms with E-state index in [4.69, 9.17) is 0 Å². The van der Waals surface area contributed by atoms with Crippen molar-refractivity contribution in [2.75, 3.05) is 0 Å². The van der Waals surface area contributed by atoms with Crippen LogP contribution in [0.5, 0.6) is 0 Å². The Bertz CT molecular complexity index is 216. The lowest BCUT2D eigenvalue weighted by Gasteiger charge is -2.22. The molecule has 0 spiro atoms. The molecule has 0 N–H and O–H groups in total. The van der Waals surface area contributed by atoms with Gasteiger partial charge in [-0.3, -0.25) is 0 Å². The summed E-state index contributed by atoms with van der Waals surface area (Å²) in [5, 5.41) is 0. The topological polar surface area (TPSA) is 0 Å². The Balaban J connectivity index is 2.03. The van der Waals surface area contributed by atoms with E-state index in [-0.39, 0.29) is 0 Å². The van der Waals surface area contributed by atoms with Gasteiger partial charge in [0.2, 0.25) is 0 Å². The quantitative estimate of drug-likeness (QED) is 0.624. The highest BCUT2D eigenvalue weighted by Gasteiger charge is 2.63. The Hall–Kier alpha value is 0. The Morgan fingerprint density at radius 3 is 2.29 bits per heavy atom. The van der Waals surface area contributed by atoms with Crippen molar-refractivity contribution < 1.29 is 0 Å². The van der Waals surface area contributed by atoms with Gasteiger partial charge in [0.1, 0.15) is 0 Å². The van der Waals surface area contributed by atoms with Gasteiger partial charge in [-0.1, -0.05) is 41.0 Å². The molecule has 0 radical (unpaired) electrons. The molecule has 2 saturated carbocycles. The van der Waals surface area contributed by atoms with Gasteiger partial charge in [-0.05, 0) is 47.8 Å². The lowest BCUT2D eigenvalue weighted by Crippen LogP contribution is -2.16. The minimum absolute atomic E-state index is 0.691. The highest BCUT2D eigenvalue weighted by atomic mass is 14.7. The van der Waals surface area contributed by atoms with Crippen LogP contribution in [-0.4, -0.2) is 0 Å². The largest absolute Gasteiger partial charge is 0.0651 e. The van der Waals surface area contributed by atoms with Crippen LogP contribution in [0.25, 0.3) is 0 Å². The van der Waals surface area contributed by atoms with Gasteiger partial charge >= 0.3 is 0 Å². The Morgan fingerprint density at radius 2 is 1.86 bits per heavy atom. The van der Waals surface area contributed by atoms with E-state index in [9.17, 15) is 0 Å². The van der Waals surface area contributed by atoms with Crippen LogP contribution < -0.4 is 0 Å². The van der Waals surface area contributed by atoms with Crippen molar-refractivity contribution in [3.63, 3.8) is 0 Å². The van der Waals surface area contributed by atoms with Gasteiger partial charge in [-0.2, -0.15) is 0 Å². The van der Waals surface area contributed by atoms with E-state index in [1.165, 1.54) is 19.3 Å². The Labute approximate surface area is 89.5 Å². The average Bonchev–Trinajstić information content (AvgIpc) is 3.04. The van der Waals surface area contributed by atoms with Crippen molar-refractivity contribution in [2.45, 2.75) is 53.9 Å². The fourth-order valence-corrected chi connectivity index (χ4v) is 3.98. The fraction of sp³-hybridized carbons (Fsp3) is 1.00. The van der Waals surface area contributed by atoms with E-state index in [1.807, 2.05) is 0 Å². The zero-order valence-corrected chi connectivity index (χ0v) is 10.5. The van der Waals surface area contributed by atoms with Crippen LogP contribution in [0.1, 0.15) is 53.9 Å². The maximum atomic E-state index is 2.55. The third-order valence-electron chi connectivity index (χ3n) is 5.70. The average molecular weight is 194 g/mol. The summed E-state index contributed by atoms with van der Waals surface area (Å²) >= 11 is 0. The number of rotatable bonds is 4. The first-order valence-electron chi connectivity index (χ1n) is 6.53. The van der Waals surface area contributed by atoms with E-state index >= 15 is 0 Å². The van der Waals surface area contributed by atoms with Crippen molar-refractivity contribution in [1.29, 1.82) is 0 Å². The molecule has 82 valence electrons. The number of hydrogen-bond donors (Lipinski definition) is 0. The van der Waals surface area contributed by atoms with Gasteiger partial charge in [0.05, 0.1) is 0 Å². The van der Waals surface area contributed by atoms with Crippen LogP contribution in [0.4, 0.5) is 0 Å². The van der Waals surface area contributed by atoms with Gasteiger partial charge in [0.15, 0.2) is 0 Å². The first kappa shape index (κ1) is 10.5. The van der Waals surface area contributed by atoms with Crippen molar-refractivity contribution >= 4 is 0 Å². The molecule has 2 fully saturated rings. The van der Waals surface area contributed by atoms with Gasteiger partial charge in [0.25, 0.3) is 0 Å². The third-order valence-corrected chi connectivity index (χ3v) is 5.70. The number of hydrogen-bond acceptors (Lipinski definition) is 0. The van der Waals surface area contributed by atoms with Crippen molar-refractivity contribution in [3.8, 4) is 0 Å². The molecule has 0 aromatic heterocycles. The lowest BCUT2D eigenvalue weighted by atomic mass is 9.82. The smallest absolute Gasteiger partial charge is 0.0235 e. The molecule has 0 amide bonds. The van der Waals surface area contributed by atoms with Gasteiger partial charge in [0, 0.05) is 0 Å². The van der Waals surface area contributed by atoms with Gasteiger partial charge in [-0.25, -0.2) is 0 Å². The standard InChI is InChI=1S/C14H26/c1-6-9(2)13-11(4)14(13,5)10(3)12-7-8-12/h9-13H,6-8H2,1-5H3. The summed E-state index contributed by atoms with van der Waals surface area (Å²) in [5.41, 5.74) is 0.691. The third kappa shape index (κ3) is 1.33. The second-order valence-corrected chi connectivity index (χ2v) is 6.19. The first-order chi connectivity index (χ1) is 6.53. The van der Waals surface area contributed by atoms with E-state index < -0.39 is 0 Å². The predicted molar refractivity (Wildman–Crippen MR) is 62.1 cm³/mol. The van der Waals surface area contributed by atoms with Crippen LogP contribution in [0.15, 0.2) is 0 Å². The summed E-state index contributed by atoms with van der Waals surface area (Å²) in [4.78, 5) is 0. The normalized spacial score (nSPS) is 46.1. The lowest BCUT2D eigenvalue weighted by molar-refractivity contribution is 0.257. The maximum Gasteiger partial charge on any atom is -0.0235 e. The fourth-order valence-electron chi connectivity index (χ4n) is 3.98. The molecule has 0 bridgehead atoms. The van der Waals surface area contributed by atoms with Crippen LogP contribution in [0.2, 0.25) is 0 Å².